The van der Waals surface area contributed by atoms with Crippen LogP contribution in [0.3, 0.4) is 0 Å². The summed E-state index contributed by atoms with van der Waals surface area (Å²) >= 11 is 0. The number of hydrogen-bond donors (Lipinski definition) is 1. The van der Waals surface area contributed by atoms with Crippen molar-refractivity contribution in [3.05, 3.63) is 0 Å². The average Bonchev–Trinajstić information content (AvgIpc) is 2.46. The van der Waals surface area contributed by atoms with Gasteiger partial charge in [-0.3, -0.25) is 0 Å². The van der Waals surface area contributed by atoms with Crippen LogP contribution in [0.2, 0.25) is 0 Å². The van der Waals surface area contributed by atoms with Crippen LogP contribution < -0.4 is 5.73 Å². The van der Waals surface area contributed by atoms with Gasteiger partial charge in [-0.1, -0.05) is 104 Å². The Balaban J connectivity index is 3.27. The predicted octanol–water partition coefficient (Wildman–Crippen LogP) is 6.70. The van der Waals surface area contributed by atoms with Crippen LogP contribution in [0, 0.1) is 11.8 Å². The van der Waals surface area contributed by atoms with Crippen LogP contribution in [-0.4, -0.2) is 6.54 Å². The number of nitrogens with two attached hydrogens (primary N) is 1. The van der Waals surface area contributed by atoms with Crippen LogP contribution in [0.4, 0.5) is 0 Å². The predicted molar refractivity (Wildman–Crippen MR) is 97.7 cm³/mol. The highest BCUT2D eigenvalue weighted by Gasteiger charge is 2.05. The molecular weight excluding hydrogens is 254 g/mol. The van der Waals surface area contributed by atoms with Crippen LogP contribution in [0.15, 0.2) is 0 Å². The maximum Gasteiger partial charge on any atom is -0.00773 e. The van der Waals surface area contributed by atoms with Gasteiger partial charge in [0.05, 0.1) is 0 Å². The van der Waals surface area contributed by atoms with Gasteiger partial charge in [-0.05, 0) is 24.8 Å². The molecule has 2 N–H and O–H groups in total. The summed E-state index contributed by atoms with van der Waals surface area (Å²) in [7, 11) is 0. The molecule has 2 atom stereocenters. The molecular formula is C20H43N. The molecule has 1 heteroatoms. The Kier molecular flexibility index (Phi) is 16.3. The summed E-state index contributed by atoms with van der Waals surface area (Å²) < 4.78 is 0. The average molecular weight is 298 g/mol. The molecule has 0 bridgehead atoms. The van der Waals surface area contributed by atoms with E-state index in [1.165, 1.54) is 89.9 Å². The summed E-state index contributed by atoms with van der Waals surface area (Å²) in [5, 5.41) is 0. The second kappa shape index (κ2) is 16.3. The number of unbranched alkanes of at least 4 members (excludes halogenated alkanes) is 7. The highest BCUT2D eigenvalue weighted by molar-refractivity contribution is 4.59. The lowest BCUT2D eigenvalue weighted by Crippen LogP contribution is -2.02. The maximum atomic E-state index is 5.55. The van der Waals surface area contributed by atoms with E-state index in [4.69, 9.17) is 5.73 Å². The van der Waals surface area contributed by atoms with Gasteiger partial charge < -0.3 is 5.73 Å². The number of rotatable bonds is 16. The zero-order valence-corrected chi connectivity index (χ0v) is 15.3. The first-order chi connectivity index (χ1) is 10.2. The molecule has 0 saturated heterocycles. The molecule has 0 saturated carbocycles. The molecule has 0 spiro atoms. The third-order valence-electron chi connectivity index (χ3n) is 4.85. The summed E-state index contributed by atoms with van der Waals surface area (Å²) in [6.45, 7) is 8.02. The van der Waals surface area contributed by atoms with E-state index in [1.807, 2.05) is 0 Å². The third-order valence-corrected chi connectivity index (χ3v) is 4.85. The normalized spacial score (nSPS) is 14.3. The van der Waals surface area contributed by atoms with Gasteiger partial charge in [0, 0.05) is 0 Å². The van der Waals surface area contributed by atoms with Crippen molar-refractivity contribution in [3.8, 4) is 0 Å². The minimum absolute atomic E-state index is 0.863. The molecule has 0 fully saturated rings. The molecule has 0 aromatic rings. The topological polar surface area (TPSA) is 26.0 Å². The van der Waals surface area contributed by atoms with Crippen LogP contribution in [-0.2, 0) is 0 Å². The minimum Gasteiger partial charge on any atom is -0.330 e. The standard InChI is InChI=1S/C20H43N/c1-4-5-6-7-8-9-10-14-19(2)16-13-17-20(3)15-11-12-18-21/h19-20H,4-18,21H2,1-3H3. The summed E-state index contributed by atoms with van der Waals surface area (Å²) in [5.74, 6) is 1.85. The Morgan fingerprint density at radius 2 is 1.00 bits per heavy atom. The van der Waals surface area contributed by atoms with E-state index >= 15 is 0 Å². The van der Waals surface area contributed by atoms with Gasteiger partial charge in [-0.2, -0.15) is 0 Å². The second-order valence-corrected chi connectivity index (χ2v) is 7.34. The molecule has 0 amide bonds. The van der Waals surface area contributed by atoms with Crippen molar-refractivity contribution in [2.45, 2.75) is 111 Å². The first-order valence-corrected chi connectivity index (χ1v) is 9.90. The zero-order chi connectivity index (χ0) is 15.8. The molecule has 0 heterocycles. The molecule has 0 aromatic carbocycles. The zero-order valence-electron chi connectivity index (χ0n) is 15.3. The van der Waals surface area contributed by atoms with Crippen molar-refractivity contribution in [1.82, 2.24) is 0 Å². The molecule has 0 radical (unpaired) electrons. The lowest BCUT2D eigenvalue weighted by Gasteiger charge is -2.14. The Hall–Kier alpha value is -0.0400. The second-order valence-electron chi connectivity index (χ2n) is 7.34. The fourth-order valence-electron chi connectivity index (χ4n) is 3.19. The van der Waals surface area contributed by atoms with Crippen LogP contribution in [0.5, 0.6) is 0 Å². The van der Waals surface area contributed by atoms with Crippen LogP contribution in [0.1, 0.15) is 111 Å². The summed E-state index contributed by atoms with van der Waals surface area (Å²) in [4.78, 5) is 0. The molecule has 0 aliphatic carbocycles. The highest BCUT2D eigenvalue weighted by Crippen LogP contribution is 2.21. The van der Waals surface area contributed by atoms with Crippen molar-refractivity contribution >= 4 is 0 Å². The SMILES string of the molecule is CCCCCCCCCC(C)CCCC(C)CCCCN. The molecule has 0 aliphatic heterocycles. The smallest absolute Gasteiger partial charge is 0.00773 e. The molecule has 1 nitrogen and oxygen atoms in total. The number of hydrogen-bond acceptors (Lipinski definition) is 1. The first-order valence-electron chi connectivity index (χ1n) is 9.90. The Labute approximate surface area is 135 Å². The van der Waals surface area contributed by atoms with E-state index < -0.39 is 0 Å². The van der Waals surface area contributed by atoms with Gasteiger partial charge in [-0.15, -0.1) is 0 Å². The van der Waals surface area contributed by atoms with Gasteiger partial charge in [-0.25, -0.2) is 0 Å². The van der Waals surface area contributed by atoms with E-state index in [0.717, 1.165) is 18.4 Å². The van der Waals surface area contributed by atoms with Crippen LogP contribution >= 0.6 is 0 Å². The van der Waals surface area contributed by atoms with E-state index in [-0.39, 0.29) is 0 Å². The third kappa shape index (κ3) is 16.2. The first kappa shape index (κ1) is 21.0. The van der Waals surface area contributed by atoms with Gasteiger partial charge >= 0.3 is 0 Å². The van der Waals surface area contributed by atoms with Gasteiger partial charge in [0.1, 0.15) is 0 Å². The van der Waals surface area contributed by atoms with Gasteiger partial charge in [0.2, 0.25) is 0 Å². The van der Waals surface area contributed by atoms with Crippen molar-refractivity contribution in [3.63, 3.8) is 0 Å². The fraction of sp³-hybridized carbons (Fsp3) is 1.00. The molecule has 0 aliphatic rings. The highest BCUT2D eigenvalue weighted by atomic mass is 14.5. The van der Waals surface area contributed by atoms with E-state index in [2.05, 4.69) is 20.8 Å². The van der Waals surface area contributed by atoms with E-state index in [0.29, 0.717) is 0 Å². The van der Waals surface area contributed by atoms with Crippen LogP contribution in [0.25, 0.3) is 0 Å². The van der Waals surface area contributed by atoms with Gasteiger partial charge in [0.25, 0.3) is 0 Å². The monoisotopic (exact) mass is 297 g/mol. The van der Waals surface area contributed by atoms with Crippen molar-refractivity contribution in [1.29, 1.82) is 0 Å². The molecule has 128 valence electrons. The van der Waals surface area contributed by atoms with Crippen molar-refractivity contribution < 1.29 is 0 Å². The van der Waals surface area contributed by atoms with E-state index in [1.54, 1.807) is 0 Å². The summed E-state index contributed by atoms with van der Waals surface area (Å²) in [6, 6.07) is 0. The quantitative estimate of drug-likeness (QED) is 0.315. The Bertz CT molecular complexity index is 190. The van der Waals surface area contributed by atoms with E-state index in [9.17, 15) is 0 Å². The maximum absolute atomic E-state index is 5.55. The molecule has 0 rings (SSSR count). The summed E-state index contributed by atoms with van der Waals surface area (Å²) in [5.41, 5.74) is 5.55. The Morgan fingerprint density at radius 1 is 0.571 bits per heavy atom. The minimum atomic E-state index is 0.863. The largest absolute Gasteiger partial charge is 0.330 e. The Morgan fingerprint density at radius 3 is 1.52 bits per heavy atom. The lowest BCUT2D eigenvalue weighted by molar-refractivity contribution is 0.393. The van der Waals surface area contributed by atoms with Crippen molar-refractivity contribution in [2.75, 3.05) is 6.54 Å². The molecule has 0 aromatic heterocycles. The summed E-state index contributed by atoms with van der Waals surface area (Å²) in [6.07, 6.45) is 19.7. The molecule has 2 unspecified atom stereocenters. The van der Waals surface area contributed by atoms with Gasteiger partial charge in [0.15, 0.2) is 0 Å². The lowest BCUT2D eigenvalue weighted by atomic mass is 9.92. The fourth-order valence-corrected chi connectivity index (χ4v) is 3.19. The molecule has 21 heavy (non-hydrogen) atoms. The van der Waals surface area contributed by atoms with Crippen molar-refractivity contribution in [2.24, 2.45) is 17.6 Å².